The number of nitrogens with zero attached hydrogens (tertiary/aromatic N) is 2. The highest BCUT2D eigenvalue weighted by atomic mass is 19.1. The minimum absolute atomic E-state index is 0.250. The Morgan fingerprint density at radius 1 is 1.17 bits per heavy atom. The summed E-state index contributed by atoms with van der Waals surface area (Å²) in [5.41, 5.74) is 5.24. The number of hydrogen-bond donors (Lipinski definition) is 1. The van der Waals surface area contributed by atoms with Gasteiger partial charge in [0.25, 0.3) is 0 Å². The largest absolute Gasteiger partial charge is 0.313 e. The van der Waals surface area contributed by atoms with Crippen LogP contribution in [0.5, 0.6) is 0 Å². The lowest BCUT2D eigenvalue weighted by atomic mass is 9.99. The molecule has 4 heteroatoms. The van der Waals surface area contributed by atoms with Gasteiger partial charge in [-0.2, -0.15) is 5.10 Å². The quantitative estimate of drug-likeness (QED) is 0.785. The highest BCUT2D eigenvalue weighted by Crippen LogP contribution is 2.28. The maximum Gasteiger partial charge on any atom is 0.123 e. The number of benzene rings is 2. The summed E-state index contributed by atoms with van der Waals surface area (Å²) in [4.78, 5) is 0. The number of hydrogen-bond acceptors (Lipinski definition) is 2. The fraction of sp³-hybridized carbons (Fsp3) is 0.150. The molecule has 0 spiro atoms. The van der Waals surface area contributed by atoms with E-state index in [0.717, 1.165) is 41.8 Å². The van der Waals surface area contributed by atoms with Gasteiger partial charge in [-0.25, -0.2) is 9.07 Å². The molecule has 0 saturated carbocycles. The van der Waals surface area contributed by atoms with Gasteiger partial charge in [-0.1, -0.05) is 18.7 Å². The molecule has 0 amide bonds. The van der Waals surface area contributed by atoms with Crippen LogP contribution in [0.15, 0.2) is 55.1 Å². The molecule has 1 aliphatic rings. The van der Waals surface area contributed by atoms with Gasteiger partial charge in [0.05, 0.1) is 16.9 Å². The van der Waals surface area contributed by atoms with Crippen LogP contribution in [0.3, 0.4) is 0 Å². The van der Waals surface area contributed by atoms with E-state index in [0.29, 0.717) is 0 Å². The number of aromatic nitrogens is 2. The highest BCUT2D eigenvalue weighted by Gasteiger charge is 2.13. The van der Waals surface area contributed by atoms with Crippen molar-refractivity contribution < 1.29 is 4.39 Å². The van der Waals surface area contributed by atoms with Gasteiger partial charge in [0, 0.05) is 11.9 Å². The number of halogens is 1. The van der Waals surface area contributed by atoms with E-state index in [9.17, 15) is 4.39 Å². The predicted octanol–water partition coefficient (Wildman–Crippen LogP) is 4.18. The summed E-state index contributed by atoms with van der Waals surface area (Å²) >= 11 is 0. The molecule has 3 aromatic rings. The van der Waals surface area contributed by atoms with Crippen LogP contribution in [0.4, 0.5) is 4.39 Å². The zero-order valence-electron chi connectivity index (χ0n) is 13.3. The number of rotatable bonds is 3. The molecule has 120 valence electrons. The fourth-order valence-electron chi connectivity index (χ4n) is 3.15. The zero-order chi connectivity index (χ0) is 16.5. The molecule has 0 unspecified atom stereocenters. The molecular formula is C20H18FN3. The summed E-state index contributed by atoms with van der Waals surface area (Å²) in [6.07, 6.45) is 5.01. The monoisotopic (exact) mass is 319 g/mol. The van der Waals surface area contributed by atoms with Gasteiger partial charge in [-0.3, -0.25) is 0 Å². The molecule has 24 heavy (non-hydrogen) atoms. The Morgan fingerprint density at radius 3 is 2.71 bits per heavy atom. The van der Waals surface area contributed by atoms with Crippen molar-refractivity contribution in [1.29, 1.82) is 0 Å². The van der Waals surface area contributed by atoms with Gasteiger partial charge in [0.1, 0.15) is 5.82 Å². The summed E-state index contributed by atoms with van der Waals surface area (Å²) in [7, 11) is 0. The number of fused-ring (bicyclic) bond motifs is 1. The topological polar surface area (TPSA) is 29.9 Å². The van der Waals surface area contributed by atoms with E-state index in [-0.39, 0.29) is 5.82 Å². The second kappa shape index (κ2) is 6.06. The van der Waals surface area contributed by atoms with E-state index < -0.39 is 0 Å². The smallest absolute Gasteiger partial charge is 0.123 e. The van der Waals surface area contributed by atoms with Crippen molar-refractivity contribution in [3.8, 4) is 5.69 Å². The summed E-state index contributed by atoms with van der Waals surface area (Å²) < 4.78 is 15.1. The van der Waals surface area contributed by atoms with Gasteiger partial charge in [-0.05, 0) is 66.6 Å². The van der Waals surface area contributed by atoms with Crippen LogP contribution in [0.25, 0.3) is 28.2 Å². The molecule has 0 aliphatic carbocycles. The third kappa shape index (κ3) is 2.55. The second-order valence-corrected chi connectivity index (χ2v) is 5.89. The maximum absolute atomic E-state index is 13.2. The average molecular weight is 319 g/mol. The van der Waals surface area contributed by atoms with E-state index in [2.05, 4.69) is 41.3 Å². The molecule has 1 N–H and O–H groups in total. The standard InChI is InChI=1S/C20H18FN3/c1-2-19-18-8-3-15(14-9-11-22-12-10-14)13-20(18)24(23-19)17-6-4-16(21)5-7-17/h2-9,13,22H,1,10-12H2. The first-order valence-electron chi connectivity index (χ1n) is 8.07. The Kier molecular flexibility index (Phi) is 3.75. The van der Waals surface area contributed by atoms with Crippen molar-refractivity contribution in [1.82, 2.24) is 15.1 Å². The van der Waals surface area contributed by atoms with Crippen LogP contribution in [0.1, 0.15) is 17.7 Å². The third-order valence-electron chi connectivity index (χ3n) is 4.41. The van der Waals surface area contributed by atoms with Crippen LogP contribution >= 0.6 is 0 Å². The summed E-state index contributed by atoms with van der Waals surface area (Å²) in [6.45, 7) is 5.76. The molecule has 0 bridgehead atoms. The van der Waals surface area contributed by atoms with Gasteiger partial charge >= 0.3 is 0 Å². The lowest BCUT2D eigenvalue weighted by Crippen LogP contribution is -2.19. The summed E-state index contributed by atoms with van der Waals surface area (Å²) in [6, 6.07) is 12.8. The molecule has 4 rings (SSSR count). The zero-order valence-corrected chi connectivity index (χ0v) is 13.3. The van der Waals surface area contributed by atoms with E-state index in [4.69, 9.17) is 0 Å². The third-order valence-corrected chi connectivity index (χ3v) is 4.41. The Labute approximate surface area is 140 Å². The first kappa shape index (κ1) is 14.8. The Bertz CT molecular complexity index is 935. The van der Waals surface area contributed by atoms with Crippen molar-refractivity contribution in [2.75, 3.05) is 13.1 Å². The molecule has 0 atom stereocenters. The van der Waals surface area contributed by atoms with Crippen molar-refractivity contribution >= 4 is 22.6 Å². The van der Waals surface area contributed by atoms with Gasteiger partial charge in [0.2, 0.25) is 0 Å². The number of nitrogens with one attached hydrogen (secondary N) is 1. The van der Waals surface area contributed by atoms with Gasteiger partial charge in [-0.15, -0.1) is 0 Å². The van der Waals surface area contributed by atoms with Gasteiger partial charge in [0.15, 0.2) is 0 Å². The predicted molar refractivity (Wildman–Crippen MR) is 96.6 cm³/mol. The van der Waals surface area contributed by atoms with Crippen LogP contribution in [-0.4, -0.2) is 22.9 Å². The minimum Gasteiger partial charge on any atom is -0.313 e. The van der Waals surface area contributed by atoms with Crippen molar-refractivity contribution in [2.45, 2.75) is 6.42 Å². The molecule has 1 aromatic heterocycles. The molecule has 2 aromatic carbocycles. The minimum atomic E-state index is -0.250. The highest BCUT2D eigenvalue weighted by molar-refractivity contribution is 5.90. The van der Waals surface area contributed by atoms with Crippen LogP contribution in [-0.2, 0) is 0 Å². The van der Waals surface area contributed by atoms with E-state index in [1.165, 1.54) is 23.3 Å². The van der Waals surface area contributed by atoms with Crippen LogP contribution in [0.2, 0.25) is 0 Å². The van der Waals surface area contributed by atoms with Crippen LogP contribution in [0, 0.1) is 5.82 Å². The van der Waals surface area contributed by atoms with E-state index in [1.54, 1.807) is 18.2 Å². The second-order valence-electron chi connectivity index (χ2n) is 5.89. The maximum atomic E-state index is 13.2. The van der Waals surface area contributed by atoms with Crippen molar-refractivity contribution in [3.05, 3.63) is 72.2 Å². The Balaban J connectivity index is 1.90. The lowest BCUT2D eigenvalue weighted by molar-refractivity contribution is 0.627. The van der Waals surface area contributed by atoms with E-state index in [1.807, 2.05) is 4.68 Å². The molecule has 0 radical (unpaired) electrons. The molecule has 2 heterocycles. The van der Waals surface area contributed by atoms with E-state index >= 15 is 0 Å². The van der Waals surface area contributed by atoms with Crippen LogP contribution < -0.4 is 5.32 Å². The Morgan fingerprint density at radius 2 is 2.00 bits per heavy atom. The molecule has 0 saturated heterocycles. The first-order chi connectivity index (χ1) is 11.8. The van der Waals surface area contributed by atoms with Crippen molar-refractivity contribution in [3.63, 3.8) is 0 Å². The van der Waals surface area contributed by atoms with Gasteiger partial charge < -0.3 is 5.32 Å². The molecule has 1 aliphatic heterocycles. The Hall–Kier alpha value is -2.72. The molecular weight excluding hydrogens is 301 g/mol. The lowest BCUT2D eigenvalue weighted by Gasteiger charge is -2.14. The first-order valence-corrected chi connectivity index (χ1v) is 8.07. The van der Waals surface area contributed by atoms with Crippen molar-refractivity contribution in [2.24, 2.45) is 0 Å². The average Bonchev–Trinajstić information content (AvgIpc) is 3.01. The summed E-state index contributed by atoms with van der Waals surface area (Å²) in [5, 5.41) is 9.02. The molecule has 3 nitrogen and oxygen atoms in total. The fourth-order valence-corrected chi connectivity index (χ4v) is 3.15. The normalized spacial score (nSPS) is 14.6. The SMILES string of the molecule is C=Cc1nn(-c2ccc(F)cc2)c2cc(C3=CCNCC3)ccc12. The molecule has 0 fully saturated rings. The summed E-state index contributed by atoms with van der Waals surface area (Å²) in [5.74, 6) is -0.250.